The van der Waals surface area contributed by atoms with E-state index in [9.17, 15) is 9.59 Å². The molecule has 1 aliphatic rings. The van der Waals surface area contributed by atoms with Gasteiger partial charge in [0.05, 0.1) is 17.9 Å². The molecule has 0 bridgehead atoms. The molecule has 0 atom stereocenters. The predicted octanol–water partition coefficient (Wildman–Crippen LogP) is 4.45. The van der Waals surface area contributed by atoms with E-state index in [0.717, 1.165) is 23.1 Å². The van der Waals surface area contributed by atoms with Crippen LogP contribution in [0.5, 0.6) is 5.75 Å². The first kappa shape index (κ1) is 17.7. The zero-order chi connectivity index (χ0) is 18.0. The van der Waals surface area contributed by atoms with Gasteiger partial charge in [0.15, 0.2) is 0 Å². The number of fused-ring (bicyclic) bond motifs is 1. The number of aryl methyl sites for hydroxylation is 2. The first-order valence-electron chi connectivity index (χ1n) is 8.33. The minimum absolute atomic E-state index is 0.428. The van der Waals surface area contributed by atoms with Crippen LogP contribution in [0.1, 0.15) is 34.3 Å². The molecule has 0 spiro atoms. The molecule has 0 saturated carbocycles. The van der Waals surface area contributed by atoms with E-state index in [2.05, 4.69) is 29.8 Å². The summed E-state index contributed by atoms with van der Waals surface area (Å²) in [6.07, 6.45) is 1.59. The van der Waals surface area contributed by atoms with Crippen LogP contribution in [0, 0.1) is 13.8 Å². The second kappa shape index (κ2) is 7.40. The molecule has 0 unspecified atom stereocenters. The monoisotopic (exact) mass is 401 g/mol. The lowest BCUT2D eigenvalue weighted by molar-refractivity contribution is -0.114. The lowest BCUT2D eigenvalue weighted by Crippen LogP contribution is -2.30. The second-order valence-corrected chi connectivity index (χ2v) is 7.16. The Balaban J connectivity index is 1.52. The highest BCUT2D eigenvalue weighted by Crippen LogP contribution is 2.31. The predicted molar refractivity (Wildman–Crippen MR) is 101 cm³/mol. The normalized spacial score (nSPS) is 13.3. The van der Waals surface area contributed by atoms with Crippen LogP contribution >= 0.6 is 15.9 Å². The summed E-state index contributed by atoms with van der Waals surface area (Å²) in [7, 11) is 0. The van der Waals surface area contributed by atoms with E-state index < -0.39 is 11.7 Å². The Morgan fingerprint density at radius 3 is 2.56 bits per heavy atom. The van der Waals surface area contributed by atoms with Crippen molar-refractivity contribution in [3.05, 3.63) is 57.6 Å². The van der Waals surface area contributed by atoms with Gasteiger partial charge in [-0.2, -0.15) is 0 Å². The number of unbranched alkanes of at least 4 members (excludes halogenated alkanes) is 1. The van der Waals surface area contributed by atoms with Crippen molar-refractivity contribution in [2.24, 2.45) is 0 Å². The Morgan fingerprint density at radius 1 is 1.00 bits per heavy atom. The number of amides is 1. The van der Waals surface area contributed by atoms with E-state index >= 15 is 0 Å². The molecule has 2 aromatic carbocycles. The number of anilines is 1. The number of nitrogens with zero attached hydrogens (tertiary/aromatic N) is 1. The van der Waals surface area contributed by atoms with E-state index in [1.165, 1.54) is 11.1 Å². The molecule has 0 N–H and O–H groups in total. The Morgan fingerprint density at radius 2 is 1.80 bits per heavy atom. The maximum Gasteiger partial charge on any atom is 0.299 e. The number of hydrogen-bond acceptors (Lipinski definition) is 3. The van der Waals surface area contributed by atoms with Gasteiger partial charge in [-0.15, -0.1) is 0 Å². The van der Waals surface area contributed by atoms with Crippen LogP contribution in [0.2, 0.25) is 0 Å². The average molecular weight is 402 g/mol. The minimum Gasteiger partial charge on any atom is -0.494 e. The number of halogens is 1. The summed E-state index contributed by atoms with van der Waals surface area (Å²) in [6.45, 7) is 5.25. The van der Waals surface area contributed by atoms with Crippen molar-refractivity contribution in [3.8, 4) is 5.75 Å². The first-order valence-corrected chi connectivity index (χ1v) is 9.12. The fourth-order valence-electron chi connectivity index (χ4n) is 2.86. The summed E-state index contributed by atoms with van der Waals surface area (Å²) < 4.78 is 6.57. The fourth-order valence-corrected chi connectivity index (χ4v) is 3.22. The van der Waals surface area contributed by atoms with Gasteiger partial charge in [-0.1, -0.05) is 22.0 Å². The lowest BCUT2D eigenvalue weighted by atomic mass is 10.1. The molecule has 25 heavy (non-hydrogen) atoms. The third kappa shape index (κ3) is 3.76. The highest BCUT2D eigenvalue weighted by Gasteiger charge is 2.35. The molecule has 4 nitrogen and oxygen atoms in total. The third-order valence-electron chi connectivity index (χ3n) is 4.46. The van der Waals surface area contributed by atoms with Gasteiger partial charge in [-0.3, -0.25) is 9.59 Å². The molecule has 0 radical (unpaired) electrons. The van der Waals surface area contributed by atoms with Crippen LogP contribution < -0.4 is 9.64 Å². The van der Waals surface area contributed by atoms with Crippen LogP contribution in [0.15, 0.2) is 40.9 Å². The van der Waals surface area contributed by atoms with Gasteiger partial charge in [0.1, 0.15) is 5.75 Å². The van der Waals surface area contributed by atoms with Gasteiger partial charge in [0, 0.05) is 11.0 Å². The Bertz CT molecular complexity index is 832. The van der Waals surface area contributed by atoms with Crippen LogP contribution in [-0.2, 0) is 4.79 Å². The zero-order valence-corrected chi connectivity index (χ0v) is 15.9. The first-order chi connectivity index (χ1) is 12.0. The summed E-state index contributed by atoms with van der Waals surface area (Å²) in [5.41, 5.74) is 3.63. The van der Waals surface area contributed by atoms with Crippen molar-refractivity contribution in [3.63, 3.8) is 0 Å². The van der Waals surface area contributed by atoms with Crippen LogP contribution in [0.25, 0.3) is 0 Å². The van der Waals surface area contributed by atoms with Crippen molar-refractivity contribution < 1.29 is 14.3 Å². The zero-order valence-electron chi connectivity index (χ0n) is 14.3. The maximum atomic E-state index is 12.2. The quantitative estimate of drug-likeness (QED) is 0.530. The molecule has 1 aliphatic heterocycles. The molecule has 2 aromatic rings. The highest BCUT2D eigenvalue weighted by molar-refractivity contribution is 9.10. The SMILES string of the molecule is Cc1ccc(OCCCCN2C(=O)C(=O)c3cc(Br)ccc32)cc1C. The molecular weight excluding hydrogens is 382 g/mol. The van der Waals surface area contributed by atoms with E-state index in [1.54, 1.807) is 11.0 Å². The number of Topliss-reactive ketones (excluding diaryl/α,β-unsaturated/α-hetero) is 1. The molecule has 0 fully saturated rings. The van der Waals surface area contributed by atoms with E-state index in [1.807, 2.05) is 30.3 Å². The molecule has 0 aliphatic carbocycles. The topological polar surface area (TPSA) is 46.6 Å². The van der Waals surface area contributed by atoms with Gasteiger partial charge in [0.25, 0.3) is 11.7 Å². The van der Waals surface area contributed by atoms with Gasteiger partial charge in [-0.25, -0.2) is 0 Å². The van der Waals surface area contributed by atoms with Gasteiger partial charge < -0.3 is 9.64 Å². The summed E-state index contributed by atoms with van der Waals surface area (Å²) in [4.78, 5) is 25.8. The third-order valence-corrected chi connectivity index (χ3v) is 4.95. The fraction of sp³-hybridized carbons (Fsp3) is 0.300. The second-order valence-electron chi connectivity index (χ2n) is 6.25. The summed E-state index contributed by atoms with van der Waals surface area (Å²) in [6, 6.07) is 11.4. The standard InChI is InChI=1S/C20H20BrNO3/c1-13-5-7-16(11-14(13)2)25-10-4-3-9-22-18-8-6-15(21)12-17(18)19(23)20(22)24/h5-8,11-12H,3-4,9-10H2,1-2H3. The van der Waals surface area contributed by atoms with Gasteiger partial charge in [0.2, 0.25) is 0 Å². The molecule has 1 heterocycles. The molecule has 1 amide bonds. The van der Waals surface area contributed by atoms with Crippen molar-refractivity contribution in [1.82, 2.24) is 0 Å². The highest BCUT2D eigenvalue weighted by atomic mass is 79.9. The number of hydrogen-bond donors (Lipinski definition) is 0. The number of ketones is 1. The Kier molecular flexibility index (Phi) is 5.23. The largest absolute Gasteiger partial charge is 0.494 e. The average Bonchev–Trinajstić information content (AvgIpc) is 2.82. The number of carbonyl (C=O) groups excluding carboxylic acids is 2. The van der Waals surface area contributed by atoms with Crippen LogP contribution in [0.3, 0.4) is 0 Å². The van der Waals surface area contributed by atoms with Crippen LogP contribution in [0.4, 0.5) is 5.69 Å². The number of rotatable bonds is 6. The summed E-state index contributed by atoms with van der Waals surface area (Å²) in [5.74, 6) is -0.00317. The lowest BCUT2D eigenvalue weighted by Gasteiger charge is -2.16. The molecule has 130 valence electrons. The smallest absolute Gasteiger partial charge is 0.299 e. The van der Waals surface area contributed by atoms with E-state index in [4.69, 9.17) is 4.74 Å². The van der Waals surface area contributed by atoms with Gasteiger partial charge in [-0.05, 0) is 68.1 Å². The Hall–Kier alpha value is -2.14. The minimum atomic E-state index is -0.442. The van der Waals surface area contributed by atoms with E-state index in [-0.39, 0.29) is 0 Å². The Labute approximate surface area is 155 Å². The molecule has 0 saturated heterocycles. The van der Waals surface area contributed by atoms with Crippen LogP contribution in [-0.4, -0.2) is 24.8 Å². The number of carbonyl (C=O) groups is 2. The summed E-state index contributed by atoms with van der Waals surface area (Å²) in [5, 5.41) is 0. The van der Waals surface area contributed by atoms with Crippen molar-refractivity contribution >= 4 is 33.3 Å². The number of ether oxygens (including phenoxy) is 1. The molecule has 0 aromatic heterocycles. The summed E-state index contributed by atoms with van der Waals surface area (Å²) >= 11 is 3.34. The van der Waals surface area contributed by atoms with Crippen molar-refractivity contribution in [2.45, 2.75) is 26.7 Å². The van der Waals surface area contributed by atoms with Crippen molar-refractivity contribution in [1.29, 1.82) is 0 Å². The molecule has 5 heteroatoms. The number of benzene rings is 2. The molecular formula is C20H20BrNO3. The van der Waals surface area contributed by atoms with Crippen molar-refractivity contribution in [2.75, 3.05) is 18.1 Å². The molecule has 3 rings (SSSR count). The van der Waals surface area contributed by atoms with E-state index in [0.29, 0.717) is 24.4 Å². The van der Waals surface area contributed by atoms with Gasteiger partial charge >= 0.3 is 0 Å². The maximum absolute atomic E-state index is 12.2.